The molecule has 2 atom stereocenters. The monoisotopic (exact) mass is 489 g/mol. The van der Waals surface area contributed by atoms with Crippen molar-refractivity contribution < 1.29 is 14.6 Å². The summed E-state index contributed by atoms with van der Waals surface area (Å²) in [5, 5.41) is 14.7. The van der Waals surface area contributed by atoms with E-state index < -0.39 is 0 Å². The van der Waals surface area contributed by atoms with E-state index in [9.17, 15) is 4.79 Å². The fraction of sp³-hybridized carbons (Fsp3) is 0.269. The SMILES string of the molecule is O=C(Nc1nc([C@H]2C[C@@H](OCCO)CN2c2ccccc2)cs1)c1cccn1Cc1ccncc1. The molecule has 1 aliphatic heterocycles. The highest BCUT2D eigenvalue weighted by molar-refractivity contribution is 7.14. The number of aromatic nitrogens is 3. The van der Waals surface area contributed by atoms with Gasteiger partial charge in [0.15, 0.2) is 5.13 Å². The van der Waals surface area contributed by atoms with E-state index in [0.29, 0.717) is 24.0 Å². The highest BCUT2D eigenvalue weighted by atomic mass is 32.1. The predicted octanol–water partition coefficient (Wildman–Crippen LogP) is 3.97. The Labute approximate surface area is 207 Å². The Bertz CT molecular complexity index is 1240. The van der Waals surface area contributed by atoms with Gasteiger partial charge in [-0.15, -0.1) is 11.3 Å². The van der Waals surface area contributed by atoms with Crippen molar-refractivity contribution in [3.8, 4) is 0 Å². The Hall–Kier alpha value is -3.53. The van der Waals surface area contributed by atoms with Crippen molar-refractivity contribution in [2.75, 3.05) is 30.0 Å². The number of rotatable bonds is 9. The van der Waals surface area contributed by atoms with E-state index in [1.807, 2.05) is 58.6 Å². The third-order valence-electron chi connectivity index (χ3n) is 6.04. The summed E-state index contributed by atoms with van der Waals surface area (Å²) in [7, 11) is 0. The molecule has 1 aromatic carbocycles. The van der Waals surface area contributed by atoms with Gasteiger partial charge >= 0.3 is 0 Å². The third-order valence-corrected chi connectivity index (χ3v) is 6.82. The smallest absolute Gasteiger partial charge is 0.274 e. The molecule has 0 radical (unpaired) electrons. The molecule has 9 heteroatoms. The summed E-state index contributed by atoms with van der Waals surface area (Å²) < 4.78 is 7.76. The number of aliphatic hydroxyl groups excluding tert-OH is 1. The van der Waals surface area contributed by atoms with Gasteiger partial charge in [0.05, 0.1) is 31.1 Å². The Kier molecular flexibility index (Phi) is 7.17. The summed E-state index contributed by atoms with van der Waals surface area (Å²) in [6.07, 6.45) is 6.16. The summed E-state index contributed by atoms with van der Waals surface area (Å²) in [5.74, 6) is -0.194. The van der Waals surface area contributed by atoms with Gasteiger partial charge in [-0.05, 0) is 42.0 Å². The highest BCUT2D eigenvalue weighted by Gasteiger charge is 2.35. The molecule has 2 N–H and O–H groups in total. The maximum absolute atomic E-state index is 13.0. The van der Waals surface area contributed by atoms with Gasteiger partial charge in [0.1, 0.15) is 5.69 Å². The van der Waals surface area contributed by atoms with Crippen LogP contribution in [0, 0.1) is 0 Å². The van der Waals surface area contributed by atoms with E-state index in [1.54, 1.807) is 12.4 Å². The van der Waals surface area contributed by atoms with Crippen LogP contribution in [-0.2, 0) is 11.3 Å². The predicted molar refractivity (Wildman–Crippen MR) is 136 cm³/mol. The summed E-state index contributed by atoms with van der Waals surface area (Å²) in [6.45, 7) is 1.63. The normalized spacial score (nSPS) is 17.6. The lowest BCUT2D eigenvalue weighted by Gasteiger charge is -2.25. The summed E-state index contributed by atoms with van der Waals surface area (Å²) in [5.41, 5.74) is 3.64. The Morgan fingerprint density at radius 2 is 1.97 bits per heavy atom. The van der Waals surface area contributed by atoms with Crippen LogP contribution in [0.3, 0.4) is 0 Å². The van der Waals surface area contributed by atoms with Gasteiger partial charge in [-0.1, -0.05) is 18.2 Å². The molecule has 0 aliphatic carbocycles. The van der Waals surface area contributed by atoms with Gasteiger partial charge in [-0.25, -0.2) is 4.98 Å². The topological polar surface area (TPSA) is 92.5 Å². The molecule has 0 unspecified atom stereocenters. The highest BCUT2D eigenvalue weighted by Crippen LogP contribution is 2.38. The van der Waals surface area contributed by atoms with Crippen molar-refractivity contribution in [1.82, 2.24) is 14.5 Å². The summed E-state index contributed by atoms with van der Waals surface area (Å²) in [4.78, 5) is 24.1. The standard InChI is InChI=1S/C26H27N5O3S/c32-13-14-34-21-15-24(31(17-21)20-5-2-1-3-6-20)22-18-35-26(28-22)29-25(33)23-7-4-12-30(23)16-19-8-10-27-11-9-19/h1-12,18,21,24,32H,13-17H2,(H,28,29,33)/t21-,24-/m1/s1. The van der Waals surface area contributed by atoms with Crippen LogP contribution in [0.5, 0.6) is 0 Å². The first-order valence-corrected chi connectivity index (χ1v) is 12.4. The molecule has 0 saturated carbocycles. The Morgan fingerprint density at radius 3 is 2.77 bits per heavy atom. The molecule has 1 aliphatic rings. The lowest BCUT2D eigenvalue weighted by Crippen LogP contribution is -2.25. The lowest BCUT2D eigenvalue weighted by atomic mass is 10.1. The first-order valence-electron chi connectivity index (χ1n) is 11.6. The molecule has 35 heavy (non-hydrogen) atoms. The van der Waals surface area contributed by atoms with Crippen LogP contribution in [0.15, 0.2) is 78.6 Å². The summed E-state index contributed by atoms with van der Waals surface area (Å²) >= 11 is 1.42. The maximum atomic E-state index is 13.0. The number of hydrogen-bond donors (Lipinski definition) is 2. The van der Waals surface area contributed by atoms with E-state index in [4.69, 9.17) is 14.8 Å². The second kappa shape index (κ2) is 10.8. The van der Waals surface area contributed by atoms with Crippen molar-refractivity contribution in [2.24, 2.45) is 0 Å². The number of ether oxygens (including phenoxy) is 1. The van der Waals surface area contributed by atoms with Gasteiger partial charge < -0.3 is 19.3 Å². The minimum atomic E-state index is -0.194. The van der Waals surface area contributed by atoms with Crippen molar-refractivity contribution in [3.63, 3.8) is 0 Å². The molecule has 3 aromatic heterocycles. The summed E-state index contributed by atoms with van der Waals surface area (Å²) in [6, 6.07) is 17.8. The minimum absolute atomic E-state index is 0.00225. The largest absolute Gasteiger partial charge is 0.394 e. The molecular formula is C26H27N5O3S. The van der Waals surface area contributed by atoms with Crippen molar-refractivity contribution >= 4 is 28.1 Å². The van der Waals surface area contributed by atoms with E-state index in [2.05, 4.69) is 27.3 Å². The number of nitrogens with zero attached hydrogens (tertiary/aromatic N) is 4. The average molecular weight is 490 g/mol. The Morgan fingerprint density at radius 1 is 1.14 bits per heavy atom. The first-order chi connectivity index (χ1) is 17.2. The zero-order valence-electron chi connectivity index (χ0n) is 19.2. The lowest BCUT2D eigenvalue weighted by molar-refractivity contribution is 0.0393. The molecule has 4 aromatic rings. The molecule has 0 bridgehead atoms. The number of para-hydroxylation sites is 1. The molecule has 1 amide bonds. The van der Waals surface area contributed by atoms with E-state index >= 15 is 0 Å². The van der Waals surface area contributed by atoms with Crippen molar-refractivity contribution in [1.29, 1.82) is 0 Å². The molecule has 4 heterocycles. The van der Waals surface area contributed by atoms with Crippen LogP contribution in [-0.4, -0.2) is 51.4 Å². The second-order valence-corrected chi connectivity index (χ2v) is 9.22. The number of nitrogens with one attached hydrogen (secondary N) is 1. The van der Waals surface area contributed by atoms with Gasteiger partial charge in [-0.3, -0.25) is 15.1 Å². The molecule has 180 valence electrons. The minimum Gasteiger partial charge on any atom is -0.394 e. The number of anilines is 2. The fourth-order valence-electron chi connectivity index (χ4n) is 4.42. The van der Waals surface area contributed by atoms with Crippen molar-refractivity contribution in [3.05, 3.63) is 95.5 Å². The van der Waals surface area contributed by atoms with Crippen LogP contribution in [0.1, 0.15) is 34.2 Å². The zero-order chi connectivity index (χ0) is 24.0. The number of pyridine rings is 1. The molecule has 1 saturated heterocycles. The van der Waals surface area contributed by atoms with Gasteiger partial charge in [0.25, 0.3) is 5.91 Å². The molecule has 8 nitrogen and oxygen atoms in total. The van der Waals surface area contributed by atoms with Crippen LogP contribution in [0.2, 0.25) is 0 Å². The van der Waals surface area contributed by atoms with E-state index in [-0.39, 0.29) is 24.7 Å². The molecular weight excluding hydrogens is 462 g/mol. The van der Waals surface area contributed by atoms with Crippen LogP contribution in [0.25, 0.3) is 0 Å². The fourth-order valence-corrected chi connectivity index (χ4v) is 5.18. The van der Waals surface area contributed by atoms with E-state index in [0.717, 1.165) is 29.9 Å². The average Bonchev–Trinajstić information content (AvgIpc) is 3.64. The number of benzene rings is 1. The number of hydrogen-bond acceptors (Lipinski definition) is 7. The van der Waals surface area contributed by atoms with Crippen LogP contribution < -0.4 is 10.2 Å². The number of carbonyl (C=O) groups excluding carboxylic acids is 1. The number of aliphatic hydroxyl groups is 1. The number of carbonyl (C=O) groups is 1. The molecule has 5 rings (SSSR count). The van der Waals surface area contributed by atoms with Gasteiger partial charge in [-0.2, -0.15) is 0 Å². The van der Waals surface area contributed by atoms with Gasteiger partial charge in [0.2, 0.25) is 0 Å². The first kappa shape index (κ1) is 23.2. The van der Waals surface area contributed by atoms with Crippen LogP contribution >= 0.6 is 11.3 Å². The second-order valence-electron chi connectivity index (χ2n) is 8.36. The van der Waals surface area contributed by atoms with Crippen molar-refractivity contribution in [2.45, 2.75) is 25.1 Å². The number of amides is 1. The van der Waals surface area contributed by atoms with Gasteiger partial charge in [0, 0.05) is 49.2 Å². The molecule has 1 fully saturated rings. The third kappa shape index (κ3) is 5.43. The maximum Gasteiger partial charge on any atom is 0.274 e. The van der Waals surface area contributed by atoms with Crippen LogP contribution in [0.4, 0.5) is 10.8 Å². The zero-order valence-corrected chi connectivity index (χ0v) is 20.0. The quantitative estimate of drug-likeness (QED) is 0.370. The Balaban J connectivity index is 1.30. The molecule has 0 spiro atoms. The van der Waals surface area contributed by atoms with E-state index in [1.165, 1.54) is 11.3 Å². The number of thiazole rings is 1.